The number of fused-ring (bicyclic) bond motifs is 1. The van der Waals surface area contributed by atoms with Gasteiger partial charge in [0, 0.05) is 24.5 Å². The van der Waals surface area contributed by atoms with Crippen molar-refractivity contribution in [3.05, 3.63) is 69.5 Å². The number of hydrogen-bond donors (Lipinski definition) is 1. The van der Waals surface area contributed by atoms with Gasteiger partial charge in [-0.2, -0.15) is 0 Å². The molecule has 134 valence electrons. The summed E-state index contributed by atoms with van der Waals surface area (Å²) >= 11 is 5.84. The van der Waals surface area contributed by atoms with Gasteiger partial charge >= 0.3 is 0 Å². The van der Waals surface area contributed by atoms with E-state index in [0.29, 0.717) is 41.9 Å². The molecule has 0 spiro atoms. The Morgan fingerprint density at radius 1 is 1.12 bits per heavy atom. The molecule has 3 aromatic rings. The van der Waals surface area contributed by atoms with Crippen LogP contribution in [0.4, 0.5) is 0 Å². The lowest BCUT2D eigenvalue weighted by Crippen LogP contribution is -2.27. The van der Waals surface area contributed by atoms with Crippen molar-refractivity contribution in [3.63, 3.8) is 0 Å². The fourth-order valence-corrected chi connectivity index (χ4v) is 2.77. The van der Waals surface area contributed by atoms with Gasteiger partial charge in [0.15, 0.2) is 0 Å². The maximum atomic E-state index is 12.3. The molecule has 0 aliphatic carbocycles. The Balaban J connectivity index is 1.44. The summed E-state index contributed by atoms with van der Waals surface area (Å²) in [4.78, 5) is 24.2. The van der Waals surface area contributed by atoms with Crippen molar-refractivity contribution >= 4 is 28.4 Å². The molecular formula is C19H19ClN4O2. The number of carbonyl (C=O) groups is 1. The summed E-state index contributed by atoms with van der Waals surface area (Å²) in [6.07, 6.45) is 1.61. The molecule has 1 amide bonds. The number of carbonyl (C=O) groups excluding carboxylic acids is 1. The van der Waals surface area contributed by atoms with Crippen LogP contribution in [0.15, 0.2) is 53.3 Å². The molecule has 3 rings (SSSR count). The van der Waals surface area contributed by atoms with E-state index in [9.17, 15) is 9.59 Å². The Bertz CT molecular complexity index is 954. The van der Waals surface area contributed by atoms with Gasteiger partial charge in [-0.1, -0.05) is 41.1 Å². The summed E-state index contributed by atoms with van der Waals surface area (Å²) in [6, 6.07) is 14.6. The van der Waals surface area contributed by atoms with Gasteiger partial charge in [-0.3, -0.25) is 9.59 Å². The van der Waals surface area contributed by atoms with Crippen LogP contribution in [0.5, 0.6) is 0 Å². The minimum atomic E-state index is -0.182. The van der Waals surface area contributed by atoms with E-state index < -0.39 is 0 Å². The number of nitrogens with one attached hydrogen (secondary N) is 1. The second kappa shape index (κ2) is 8.58. The molecule has 1 aromatic heterocycles. The fourth-order valence-electron chi connectivity index (χ4n) is 2.64. The molecule has 1 N–H and O–H groups in total. The first-order valence-corrected chi connectivity index (χ1v) is 8.85. The highest BCUT2D eigenvalue weighted by Crippen LogP contribution is 2.09. The fraction of sp³-hybridized carbons (Fsp3) is 0.263. The Labute approximate surface area is 155 Å². The van der Waals surface area contributed by atoms with Crippen molar-refractivity contribution in [1.29, 1.82) is 0 Å². The first-order valence-electron chi connectivity index (χ1n) is 8.47. The Morgan fingerprint density at radius 3 is 2.69 bits per heavy atom. The minimum Gasteiger partial charge on any atom is -0.356 e. The molecule has 2 aromatic carbocycles. The van der Waals surface area contributed by atoms with Gasteiger partial charge in [-0.15, -0.1) is 5.10 Å². The number of rotatable bonds is 7. The number of hydrogen-bond acceptors (Lipinski definition) is 4. The average Bonchev–Trinajstić information content (AvgIpc) is 2.65. The topological polar surface area (TPSA) is 76.9 Å². The highest BCUT2D eigenvalue weighted by molar-refractivity contribution is 6.30. The van der Waals surface area contributed by atoms with Crippen molar-refractivity contribution in [2.75, 3.05) is 6.54 Å². The highest BCUT2D eigenvalue weighted by Gasteiger charge is 2.06. The van der Waals surface area contributed by atoms with Crippen LogP contribution < -0.4 is 10.9 Å². The second-order valence-corrected chi connectivity index (χ2v) is 6.40. The van der Waals surface area contributed by atoms with Gasteiger partial charge in [0.25, 0.3) is 5.56 Å². The molecule has 0 fully saturated rings. The number of nitrogens with zero attached hydrogens (tertiary/aromatic N) is 3. The minimum absolute atomic E-state index is 0.0410. The summed E-state index contributed by atoms with van der Waals surface area (Å²) in [5.74, 6) is -0.0410. The van der Waals surface area contributed by atoms with Crippen LogP contribution in [0, 0.1) is 0 Å². The zero-order valence-corrected chi connectivity index (χ0v) is 14.9. The maximum Gasteiger partial charge on any atom is 0.277 e. The van der Waals surface area contributed by atoms with E-state index in [1.807, 2.05) is 30.3 Å². The van der Waals surface area contributed by atoms with E-state index in [2.05, 4.69) is 15.6 Å². The molecule has 0 saturated carbocycles. The lowest BCUT2D eigenvalue weighted by Gasteiger charge is -2.07. The van der Waals surface area contributed by atoms with Crippen molar-refractivity contribution in [2.45, 2.75) is 25.8 Å². The monoisotopic (exact) mass is 370 g/mol. The third-order valence-corrected chi connectivity index (χ3v) is 4.30. The molecule has 26 heavy (non-hydrogen) atoms. The third-order valence-electron chi connectivity index (χ3n) is 4.05. The van der Waals surface area contributed by atoms with Gasteiger partial charge in [0.2, 0.25) is 5.91 Å². The molecule has 0 bridgehead atoms. The van der Waals surface area contributed by atoms with Crippen LogP contribution >= 0.6 is 11.6 Å². The molecule has 0 aliphatic heterocycles. The van der Waals surface area contributed by atoms with Crippen LogP contribution in [-0.4, -0.2) is 27.4 Å². The summed E-state index contributed by atoms with van der Waals surface area (Å²) in [5, 5.41) is 12.1. The SMILES string of the molecule is O=C(CCCn1nnc2ccccc2c1=O)NCCc1ccc(Cl)cc1. The first kappa shape index (κ1) is 18.1. The Kier molecular flexibility index (Phi) is 5.96. The molecular weight excluding hydrogens is 352 g/mol. The van der Waals surface area contributed by atoms with Crippen LogP contribution in [0.3, 0.4) is 0 Å². The van der Waals surface area contributed by atoms with Crippen LogP contribution in [0.25, 0.3) is 10.9 Å². The normalized spacial score (nSPS) is 10.8. The number of amides is 1. The summed E-state index contributed by atoms with van der Waals surface area (Å²) in [7, 11) is 0. The largest absolute Gasteiger partial charge is 0.356 e. The zero-order valence-electron chi connectivity index (χ0n) is 14.2. The van der Waals surface area contributed by atoms with Gasteiger partial charge in [-0.05, 0) is 42.7 Å². The number of aromatic nitrogens is 3. The predicted molar refractivity (Wildman–Crippen MR) is 101 cm³/mol. The summed E-state index contributed by atoms with van der Waals surface area (Å²) < 4.78 is 1.31. The average molecular weight is 371 g/mol. The Hall–Kier alpha value is -2.73. The smallest absolute Gasteiger partial charge is 0.277 e. The molecule has 1 heterocycles. The summed E-state index contributed by atoms with van der Waals surface area (Å²) in [6.45, 7) is 0.928. The first-order chi connectivity index (χ1) is 12.6. The van der Waals surface area contributed by atoms with Crippen molar-refractivity contribution < 1.29 is 4.79 Å². The van der Waals surface area contributed by atoms with Gasteiger partial charge in [0.05, 0.1) is 5.39 Å². The lowest BCUT2D eigenvalue weighted by atomic mass is 10.1. The van der Waals surface area contributed by atoms with E-state index in [0.717, 1.165) is 12.0 Å². The molecule has 0 radical (unpaired) electrons. The van der Waals surface area contributed by atoms with Gasteiger partial charge in [0.1, 0.15) is 5.52 Å². The van der Waals surface area contributed by atoms with E-state index in [1.54, 1.807) is 18.2 Å². The number of aryl methyl sites for hydroxylation is 1. The van der Waals surface area contributed by atoms with Gasteiger partial charge < -0.3 is 5.32 Å². The van der Waals surface area contributed by atoms with Crippen molar-refractivity contribution in [3.8, 4) is 0 Å². The van der Waals surface area contributed by atoms with Gasteiger partial charge in [-0.25, -0.2) is 4.68 Å². The lowest BCUT2D eigenvalue weighted by molar-refractivity contribution is -0.121. The third kappa shape index (κ3) is 4.67. The molecule has 0 saturated heterocycles. The molecule has 7 heteroatoms. The van der Waals surface area contributed by atoms with E-state index >= 15 is 0 Å². The van der Waals surface area contributed by atoms with E-state index in [1.165, 1.54) is 4.68 Å². The molecule has 6 nitrogen and oxygen atoms in total. The zero-order chi connectivity index (χ0) is 18.4. The highest BCUT2D eigenvalue weighted by atomic mass is 35.5. The molecule has 0 aliphatic rings. The quantitative estimate of drug-likeness (QED) is 0.693. The second-order valence-electron chi connectivity index (χ2n) is 5.96. The number of benzene rings is 2. The van der Waals surface area contributed by atoms with Crippen molar-refractivity contribution in [2.24, 2.45) is 0 Å². The van der Waals surface area contributed by atoms with Crippen LogP contribution in [0.1, 0.15) is 18.4 Å². The van der Waals surface area contributed by atoms with Crippen molar-refractivity contribution in [1.82, 2.24) is 20.3 Å². The van der Waals surface area contributed by atoms with E-state index in [-0.39, 0.29) is 11.5 Å². The van der Waals surface area contributed by atoms with E-state index in [4.69, 9.17) is 11.6 Å². The molecule has 0 atom stereocenters. The standard InChI is InChI=1S/C19H19ClN4O2/c20-15-9-7-14(8-10-15)11-12-21-18(25)6-3-13-24-19(26)16-4-1-2-5-17(16)22-23-24/h1-2,4-5,7-10H,3,6,11-13H2,(H,21,25). The summed E-state index contributed by atoms with van der Waals surface area (Å²) in [5.41, 5.74) is 1.51. The maximum absolute atomic E-state index is 12.3. The Morgan fingerprint density at radius 2 is 1.88 bits per heavy atom. The number of halogens is 1. The van der Waals surface area contributed by atoms with Crippen LogP contribution in [-0.2, 0) is 17.8 Å². The predicted octanol–water partition coefficient (Wildman–Crippen LogP) is 2.58. The van der Waals surface area contributed by atoms with Crippen LogP contribution in [0.2, 0.25) is 5.02 Å². The molecule has 0 unspecified atom stereocenters.